The Morgan fingerprint density at radius 1 is 1.27 bits per heavy atom. The zero-order valence-corrected chi connectivity index (χ0v) is 8.45. The number of aromatic nitrogens is 1. The van der Waals surface area contributed by atoms with Gasteiger partial charge in [-0.3, -0.25) is 0 Å². The maximum absolute atomic E-state index is 9.75. The molecule has 15 heavy (non-hydrogen) atoms. The second kappa shape index (κ2) is 4.83. The summed E-state index contributed by atoms with van der Waals surface area (Å²) in [4.78, 5) is 3.04. The number of aromatic amines is 1. The zero-order chi connectivity index (χ0) is 11.5. The van der Waals surface area contributed by atoms with Crippen LogP contribution in [0.3, 0.4) is 0 Å². The Bertz CT molecular complexity index is 321. The lowest BCUT2D eigenvalue weighted by atomic mass is 10.2. The summed E-state index contributed by atoms with van der Waals surface area (Å²) in [5.74, 6) is 0.741. The molecular formula is C8H9BClF4N. The summed E-state index contributed by atoms with van der Waals surface area (Å²) in [7, 11) is -6.00. The lowest BCUT2D eigenvalue weighted by Gasteiger charge is -1.94. The molecule has 7 heteroatoms. The highest BCUT2D eigenvalue weighted by atomic mass is 35.5. The summed E-state index contributed by atoms with van der Waals surface area (Å²) >= 11 is 5.94. The van der Waals surface area contributed by atoms with E-state index in [1.807, 2.05) is 18.5 Å². The van der Waals surface area contributed by atoms with Gasteiger partial charge in [-0.05, 0) is 18.8 Å². The summed E-state index contributed by atoms with van der Waals surface area (Å²) < 4.78 is 39.0. The SMILES string of the molecule is Clc1cc[nH+]cc1C1CC1.F[B-](F)(F)F. The Morgan fingerprint density at radius 3 is 2.20 bits per heavy atom. The normalized spacial score (nSPS) is 15.5. The molecule has 1 N–H and O–H groups in total. The number of H-pyrrole nitrogens is 1. The second-order valence-corrected chi connectivity index (χ2v) is 3.62. The minimum Gasteiger partial charge on any atom is -0.418 e. The van der Waals surface area contributed by atoms with E-state index in [-0.39, 0.29) is 0 Å². The van der Waals surface area contributed by atoms with Crippen molar-refractivity contribution in [1.29, 1.82) is 0 Å². The first kappa shape index (κ1) is 12.3. The molecule has 84 valence electrons. The minimum atomic E-state index is -6.00. The summed E-state index contributed by atoms with van der Waals surface area (Å²) in [6, 6.07) is 1.91. The van der Waals surface area contributed by atoms with Gasteiger partial charge in [0.15, 0.2) is 12.4 Å². The molecule has 1 heterocycles. The fourth-order valence-electron chi connectivity index (χ4n) is 1.13. The van der Waals surface area contributed by atoms with Crippen LogP contribution in [0.25, 0.3) is 0 Å². The van der Waals surface area contributed by atoms with Crippen molar-refractivity contribution < 1.29 is 22.2 Å². The molecule has 0 aliphatic heterocycles. The smallest absolute Gasteiger partial charge is 0.418 e. The van der Waals surface area contributed by atoms with Crippen molar-refractivity contribution >= 4 is 18.9 Å². The molecule has 0 atom stereocenters. The van der Waals surface area contributed by atoms with Crippen LogP contribution in [-0.4, -0.2) is 7.25 Å². The quantitative estimate of drug-likeness (QED) is 0.529. The summed E-state index contributed by atoms with van der Waals surface area (Å²) in [5.41, 5.74) is 1.28. The summed E-state index contributed by atoms with van der Waals surface area (Å²) in [5, 5.41) is 0.904. The zero-order valence-electron chi connectivity index (χ0n) is 7.69. The molecule has 2 rings (SSSR count). The second-order valence-electron chi connectivity index (χ2n) is 3.22. The first-order chi connectivity index (χ1) is 6.88. The van der Waals surface area contributed by atoms with Crippen LogP contribution in [0.15, 0.2) is 18.5 Å². The average molecular weight is 241 g/mol. The van der Waals surface area contributed by atoms with Crippen LogP contribution in [0.1, 0.15) is 24.3 Å². The van der Waals surface area contributed by atoms with E-state index in [1.54, 1.807) is 0 Å². The number of halogens is 5. The first-order valence-corrected chi connectivity index (χ1v) is 4.78. The maximum Gasteiger partial charge on any atom is 0.673 e. The number of hydrogen-bond acceptors (Lipinski definition) is 0. The van der Waals surface area contributed by atoms with Gasteiger partial charge in [-0.1, -0.05) is 11.6 Å². The molecule has 1 aliphatic rings. The third kappa shape index (κ3) is 5.62. The van der Waals surface area contributed by atoms with Crippen LogP contribution in [0, 0.1) is 0 Å². The van der Waals surface area contributed by atoms with Crippen molar-refractivity contribution in [3.05, 3.63) is 29.0 Å². The van der Waals surface area contributed by atoms with Crippen LogP contribution in [0.4, 0.5) is 17.3 Å². The van der Waals surface area contributed by atoms with Crippen molar-refractivity contribution in [2.45, 2.75) is 18.8 Å². The molecule has 0 spiro atoms. The van der Waals surface area contributed by atoms with Gasteiger partial charge in [0.1, 0.15) is 0 Å². The van der Waals surface area contributed by atoms with Crippen molar-refractivity contribution in [3.63, 3.8) is 0 Å². The molecule has 1 nitrogen and oxygen atoms in total. The first-order valence-electron chi connectivity index (χ1n) is 4.41. The average Bonchev–Trinajstić information content (AvgIpc) is 2.84. The number of rotatable bonds is 1. The van der Waals surface area contributed by atoms with E-state index in [1.165, 1.54) is 18.4 Å². The molecule has 0 unspecified atom stereocenters. The largest absolute Gasteiger partial charge is 0.673 e. The Balaban J connectivity index is 0.000000195. The van der Waals surface area contributed by atoms with Gasteiger partial charge >= 0.3 is 7.25 Å². The fraction of sp³-hybridized carbons (Fsp3) is 0.375. The van der Waals surface area contributed by atoms with Crippen LogP contribution in [-0.2, 0) is 0 Å². The van der Waals surface area contributed by atoms with Crippen LogP contribution < -0.4 is 4.98 Å². The molecule has 1 aromatic rings. The van der Waals surface area contributed by atoms with Crippen LogP contribution in [0.5, 0.6) is 0 Å². The third-order valence-corrected chi connectivity index (χ3v) is 2.20. The van der Waals surface area contributed by atoms with Crippen LogP contribution in [0.2, 0.25) is 5.02 Å². The van der Waals surface area contributed by atoms with Crippen molar-refractivity contribution in [2.75, 3.05) is 0 Å². The van der Waals surface area contributed by atoms with Gasteiger partial charge in [-0.25, -0.2) is 4.98 Å². The monoisotopic (exact) mass is 241 g/mol. The molecule has 1 aliphatic carbocycles. The Hall–Kier alpha value is -0.775. The van der Waals surface area contributed by atoms with Gasteiger partial charge in [0.25, 0.3) is 0 Å². The predicted molar refractivity (Wildman–Crippen MR) is 50.2 cm³/mol. The third-order valence-electron chi connectivity index (χ3n) is 1.86. The Kier molecular flexibility index (Phi) is 3.96. The standard InChI is InChI=1S/C8H8ClN.BF4/c9-8-3-4-10-5-7(8)6-1-2-6;2-1(3,4)5/h3-6H,1-2H2;/q;-1/p+1. The Morgan fingerprint density at radius 2 is 1.80 bits per heavy atom. The van der Waals surface area contributed by atoms with Crippen molar-refractivity contribution in [3.8, 4) is 0 Å². The van der Waals surface area contributed by atoms with E-state index in [2.05, 4.69) is 4.98 Å². The lowest BCUT2D eigenvalue weighted by molar-refractivity contribution is -0.378. The van der Waals surface area contributed by atoms with Gasteiger partial charge in [-0.2, -0.15) is 0 Å². The Labute approximate surface area is 89.6 Å². The predicted octanol–water partition coefficient (Wildman–Crippen LogP) is 3.33. The van der Waals surface area contributed by atoms with Gasteiger partial charge in [0.05, 0.1) is 5.02 Å². The molecule has 1 aromatic heterocycles. The van der Waals surface area contributed by atoms with Crippen LogP contribution >= 0.6 is 11.6 Å². The van der Waals surface area contributed by atoms with Gasteiger partial charge in [-0.15, -0.1) is 0 Å². The van der Waals surface area contributed by atoms with E-state index in [9.17, 15) is 17.3 Å². The molecule has 0 radical (unpaired) electrons. The molecule has 0 bridgehead atoms. The fourth-order valence-corrected chi connectivity index (χ4v) is 1.40. The minimum absolute atomic E-state index is 0.741. The number of pyridine rings is 1. The molecule has 1 saturated carbocycles. The molecule has 0 saturated heterocycles. The topological polar surface area (TPSA) is 14.1 Å². The molecular weight excluding hydrogens is 232 g/mol. The summed E-state index contributed by atoms with van der Waals surface area (Å²) in [6.45, 7) is 0. The van der Waals surface area contributed by atoms with E-state index >= 15 is 0 Å². The van der Waals surface area contributed by atoms with Gasteiger partial charge in [0.2, 0.25) is 0 Å². The van der Waals surface area contributed by atoms with Crippen molar-refractivity contribution in [1.82, 2.24) is 0 Å². The van der Waals surface area contributed by atoms with Crippen molar-refractivity contribution in [2.24, 2.45) is 0 Å². The highest BCUT2D eigenvalue weighted by molar-refractivity contribution is 6.50. The van der Waals surface area contributed by atoms with E-state index in [4.69, 9.17) is 11.6 Å². The van der Waals surface area contributed by atoms with E-state index in [0.29, 0.717) is 0 Å². The van der Waals surface area contributed by atoms with Gasteiger partial charge in [0, 0.05) is 11.6 Å². The lowest BCUT2D eigenvalue weighted by Crippen LogP contribution is -2.02. The maximum atomic E-state index is 9.75. The molecule has 0 aromatic carbocycles. The summed E-state index contributed by atoms with van der Waals surface area (Å²) in [6.07, 6.45) is 6.46. The number of nitrogens with one attached hydrogen (secondary N) is 1. The molecule has 0 amide bonds. The molecule has 1 fully saturated rings. The van der Waals surface area contributed by atoms with E-state index in [0.717, 1.165) is 10.9 Å². The highest BCUT2D eigenvalue weighted by Gasteiger charge is 2.27. The van der Waals surface area contributed by atoms with E-state index < -0.39 is 7.25 Å². The number of hydrogen-bond donors (Lipinski definition) is 0. The highest BCUT2D eigenvalue weighted by Crippen LogP contribution is 2.42. The van der Waals surface area contributed by atoms with Gasteiger partial charge < -0.3 is 17.3 Å².